The molecule has 0 fully saturated rings. The van der Waals surface area contributed by atoms with E-state index in [1.165, 1.54) is 10.9 Å². The van der Waals surface area contributed by atoms with Crippen molar-refractivity contribution in [3.63, 3.8) is 0 Å². The average molecular weight is 250 g/mol. The van der Waals surface area contributed by atoms with Gasteiger partial charge in [0.25, 0.3) is 0 Å². The summed E-state index contributed by atoms with van der Waals surface area (Å²) in [6.45, 7) is 0. The fraction of sp³-hybridized carbons (Fsp3) is 0.182. The number of aromatic nitrogens is 1. The zero-order chi connectivity index (χ0) is 9.71. The molecule has 14 heavy (non-hydrogen) atoms. The molecule has 1 aromatic heterocycles. The first kappa shape index (κ1) is 8.24. The summed E-state index contributed by atoms with van der Waals surface area (Å²) in [5.41, 5.74) is 3.04. The van der Waals surface area contributed by atoms with Gasteiger partial charge in [-0.1, -0.05) is 22.0 Å². The Bertz CT molecular complexity index is 541. The van der Waals surface area contributed by atoms with Gasteiger partial charge in [-0.05, 0) is 24.1 Å². The molecular weight excluding hydrogens is 242 g/mol. The molecule has 0 atom stereocenters. The molecule has 1 aromatic carbocycles. The third-order valence-corrected chi connectivity index (χ3v) is 3.42. The smallest absolute Gasteiger partial charge is 0.179 e. The van der Waals surface area contributed by atoms with E-state index in [1.807, 2.05) is 18.2 Å². The van der Waals surface area contributed by atoms with E-state index in [-0.39, 0.29) is 5.78 Å². The molecule has 0 bridgehead atoms. The van der Waals surface area contributed by atoms with Gasteiger partial charge in [-0.25, -0.2) is 0 Å². The molecule has 0 amide bonds. The first-order valence-corrected chi connectivity index (χ1v) is 5.39. The second-order valence-corrected chi connectivity index (χ2v) is 4.42. The van der Waals surface area contributed by atoms with Crippen LogP contribution in [0.15, 0.2) is 22.7 Å². The number of hydrogen-bond acceptors (Lipinski definition) is 1. The van der Waals surface area contributed by atoms with E-state index in [0.717, 1.165) is 22.1 Å². The van der Waals surface area contributed by atoms with Crippen LogP contribution < -0.4 is 0 Å². The number of Topliss-reactive ketones (excluding diaryl/α,β-unsaturated/α-hetero) is 1. The lowest BCUT2D eigenvalue weighted by Gasteiger charge is -1.95. The van der Waals surface area contributed by atoms with Crippen LogP contribution in [0.5, 0.6) is 0 Å². The third kappa shape index (κ3) is 0.932. The number of halogens is 1. The molecule has 0 spiro atoms. The molecule has 0 aliphatic heterocycles. The van der Waals surface area contributed by atoms with Crippen molar-refractivity contribution in [2.45, 2.75) is 12.8 Å². The van der Waals surface area contributed by atoms with Crippen molar-refractivity contribution in [3.05, 3.63) is 33.9 Å². The van der Waals surface area contributed by atoms with Crippen molar-refractivity contribution in [2.24, 2.45) is 0 Å². The number of rotatable bonds is 0. The van der Waals surface area contributed by atoms with Crippen LogP contribution in [0.3, 0.4) is 0 Å². The summed E-state index contributed by atoms with van der Waals surface area (Å²) in [7, 11) is 0. The van der Waals surface area contributed by atoms with Gasteiger partial charge in [-0.2, -0.15) is 0 Å². The van der Waals surface area contributed by atoms with Gasteiger partial charge >= 0.3 is 0 Å². The zero-order valence-corrected chi connectivity index (χ0v) is 9.02. The summed E-state index contributed by atoms with van der Waals surface area (Å²) in [6.07, 6.45) is 1.52. The van der Waals surface area contributed by atoms with Crippen molar-refractivity contribution in [1.29, 1.82) is 0 Å². The minimum absolute atomic E-state index is 0.239. The van der Waals surface area contributed by atoms with Gasteiger partial charge in [-0.15, -0.1) is 0 Å². The Hall–Kier alpha value is -1.09. The number of H-pyrrole nitrogens is 1. The van der Waals surface area contributed by atoms with E-state index < -0.39 is 0 Å². The van der Waals surface area contributed by atoms with E-state index in [2.05, 4.69) is 20.9 Å². The number of ketones is 1. The molecule has 3 rings (SSSR count). The van der Waals surface area contributed by atoms with E-state index in [0.29, 0.717) is 6.42 Å². The molecule has 1 aliphatic rings. The predicted molar refractivity (Wildman–Crippen MR) is 58.7 cm³/mol. The first-order valence-electron chi connectivity index (χ1n) is 4.59. The van der Waals surface area contributed by atoms with E-state index >= 15 is 0 Å². The highest BCUT2D eigenvalue weighted by Crippen LogP contribution is 2.34. The SMILES string of the molecule is O=C1CCc2c1[nH]c1cccc(Br)c21. The quantitative estimate of drug-likeness (QED) is 0.765. The molecular formula is C11H8BrNO. The van der Waals surface area contributed by atoms with Gasteiger partial charge in [0.05, 0.1) is 5.69 Å². The molecule has 70 valence electrons. The number of carbonyl (C=O) groups excluding carboxylic acids is 1. The maximum atomic E-state index is 11.5. The predicted octanol–water partition coefficient (Wildman–Crippen LogP) is 3.06. The molecule has 0 saturated carbocycles. The number of aromatic amines is 1. The number of aryl methyl sites for hydroxylation is 1. The highest BCUT2D eigenvalue weighted by atomic mass is 79.9. The van der Waals surface area contributed by atoms with Gasteiger partial charge in [0.1, 0.15) is 0 Å². The summed E-state index contributed by atoms with van der Waals surface area (Å²) >= 11 is 3.52. The fourth-order valence-corrected chi connectivity index (χ4v) is 2.73. The largest absolute Gasteiger partial charge is 0.352 e. The van der Waals surface area contributed by atoms with Crippen LogP contribution in [-0.2, 0) is 6.42 Å². The summed E-state index contributed by atoms with van der Waals surface area (Å²) in [5, 5.41) is 1.17. The van der Waals surface area contributed by atoms with E-state index in [1.54, 1.807) is 0 Å². The molecule has 0 radical (unpaired) electrons. The Morgan fingerprint density at radius 1 is 1.29 bits per heavy atom. The lowest BCUT2D eigenvalue weighted by atomic mass is 10.1. The second-order valence-electron chi connectivity index (χ2n) is 3.56. The van der Waals surface area contributed by atoms with Crippen LogP contribution in [0, 0.1) is 0 Å². The van der Waals surface area contributed by atoms with Crippen molar-refractivity contribution >= 4 is 32.6 Å². The topological polar surface area (TPSA) is 32.9 Å². The maximum absolute atomic E-state index is 11.5. The Morgan fingerprint density at radius 3 is 3.00 bits per heavy atom. The van der Waals surface area contributed by atoms with Crippen LogP contribution in [0.25, 0.3) is 10.9 Å². The number of nitrogens with one attached hydrogen (secondary N) is 1. The molecule has 2 aromatic rings. The summed E-state index contributed by atoms with van der Waals surface area (Å²) in [5.74, 6) is 0.239. The van der Waals surface area contributed by atoms with Crippen molar-refractivity contribution < 1.29 is 4.79 Å². The third-order valence-electron chi connectivity index (χ3n) is 2.76. The second kappa shape index (κ2) is 2.70. The maximum Gasteiger partial charge on any atom is 0.179 e. The molecule has 2 nitrogen and oxygen atoms in total. The fourth-order valence-electron chi connectivity index (χ4n) is 2.12. The minimum Gasteiger partial charge on any atom is -0.352 e. The normalized spacial score (nSPS) is 15.1. The van der Waals surface area contributed by atoms with Crippen LogP contribution in [-0.4, -0.2) is 10.8 Å². The van der Waals surface area contributed by atoms with Crippen LogP contribution in [0.4, 0.5) is 0 Å². The first-order chi connectivity index (χ1) is 6.77. The van der Waals surface area contributed by atoms with Gasteiger partial charge in [0.15, 0.2) is 5.78 Å². The van der Waals surface area contributed by atoms with Gasteiger partial charge < -0.3 is 4.98 Å². The minimum atomic E-state index is 0.239. The lowest BCUT2D eigenvalue weighted by molar-refractivity contribution is 0.0991. The molecule has 1 N–H and O–H groups in total. The molecule has 1 heterocycles. The Balaban J connectivity index is 2.47. The van der Waals surface area contributed by atoms with Crippen LogP contribution in [0.1, 0.15) is 22.5 Å². The number of fused-ring (bicyclic) bond motifs is 3. The molecule has 0 saturated heterocycles. The van der Waals surface area contributed by atoms with E-state index in [9.17, 15) is 4.79 Å². The standard InChI is InChI=1S/C11H8BrNO/c12-7-2-1-3-8-10(7)6-4-5-9(14)11(6)13-8/h1-3,13H,4-5H2. The van der Waals surface area contributed by atoms with Gasteiger partial charge in [-0.3, -0.25) is 4.79 Å². The zero-order valence-electron chi connectivity index (χ0n) is 7.43. The highest BCUT2D eigenvalue weighted by Gasteiger charge is 2.24. The van der Waals surface area contributed by atoms with Crippen molar-refractivity contribution in [2.75, 3.05) is 0 Å². The summed E-state index contributed by atoms with van der Waals surface area (Å²) in [4.78, 5) is 14.7. The van der Waals surface area contributed by atoms with Crippen molar-refractivity contribution in [1.82, 2.24) is 4.98 Å². The Kier molecular flexibility index (Phi) is 1.59. The van der Waals surface area contributed by atoms with Crippen LogP contribution in [0.2, 0.25) is 0 Å². The van der Waals surface area contributed by atoms with E-state index in [4.69, 9.17) is 0 Å². The van der Waals surface area contributed by atoms with Crippen LogP contribution >= 0.6 is 15.9 Å². The molecule has 1 aliphatic carbocycles. The number of carbonyl (C=O) groups is 1. The number of benzene rings is 1. The lowest BCUT2D eigenvalue weighted by Crippen LogP contribution is -1.90. The summed E-state index contributed by atoms with van der Waals surface area (Å²) in [6, 6.07) is 5.99. The molecule has 3 heteroatoms. The van der Waals surface area contributed by atoms with Gasteiger partial charge in [0, 0.05) is 21.8 Å². The highest BCUT2D eigenvalue weighted by molar-refractivity contribution is 9.10. The number of hydrogen-bond donors (Lipinski definition) is 1. The molecule has 0 unspecified atom stereocenters. The van der Waals surface area contributed by atoms with Crippen molar-refractivity contribution in [3.8, 4) is 0 Å². The van der Waals surface area contributed by atoms with Gasteiger partial charge in [0.2, 0.25) is 0 Å². The monoisotopic (exact) mass is 249 g/mol. The Labute approximate surface area is 89.4 Å². The average Bonchev–Trinajstić information content (AvgIpc) is 2.68. The Morgan fingerprint density at radius 2 is 2.14 bits per heavy atom. The summed E-state index contributed by atoms with van der Waals surface area (Å²) < 4.78 is 1.07.